The number of ether oxygens (including phenoxy) is 4. The van der Waals surface area contributed by atoms with Gasteiger partial charge >= 0.3 is 17.9 Å². The molecule has 3 aromatic rings. The molecule has 420 valence electrons. The number of amides is 1. The third-order valence-electron chi connectivity index (χ3n) is 16.3. The van der Waals surface area contributed by atoms with Gasteiger partial charge in [-0.05, 0) is 99.8 Å². The molecule has 11 unspecified atom stereocenters. The van der Waals surface area contributed by atoms with Crippen LogP contribution in [0.5, 0.6) is 0 Å². The highest BCUT2D eigenvalue weighted by atomic mass is 16.6. The average molecular weight is 1080 g/mol. The molecule has 3 aliphatic carbocycles. The number of hydrogen-bond donors (Lipinski definition) is 5. The van der Waals surface area contributed by atoms with E-state index in [0.29, 0.717) is 18.4 Å². The Bertz CT molecular complexity index is 2820. The van der Waals surface area contributed by atoms with Crippen molar-refractivity contribution in [1.29, 1.82) is 0 Å². The summed E-state index contributed by atoms with van der Waals surface area (Å²) in [5.41, 5.74) is -7.22. The van der Waals surface area contributed by atoms with Gasteiger partial charge in [-0.2, -0.15) is 0 Å². The first-order chi connectivity index (χ1) is 37.9. The molecule has 3 aromatic carbocycles. The van der Waals surface area contributed by atoms with Crippen molar-refractivity contribution in [2.45, 2.75) is 153 Å². The van der Waals surface area contributed by atoms with E-state index < -0.39 is 107 Å². The van der Waals surface area contributed by atoms with Crippen molar-refractivity contribution in [3.63, 3.8) is 0 Å². The minimum Gasteiger partial charge on any atom is -0.461 e. The van der Waals surface area contributed by atoms with Crippen molar-refractivity contribution in [3.8, 4) is 0 Å². The lowest BCUT2D eigenvalue weighted by Gasteiger charge is -2.67. The molecule has 3 fully saturated rings. The number of fused-ring (bicyclic) bond motifs is 5. The summed E-state index contributed by atoms with van der Waals surface area (Å²) in [5.74, 6) is -5.86. The molecule has 2 bridgehead atoms. The topological polar surface area (TPSA) is 215 Å². The lowest BCUT2D eigenvalue weighted by molar-refractivity contribution is -0.344. The molecule has 5 N–H and O–H groups in total. The van der Waals surface area contributed by atoms with Crippen LogP contribution in [-0.2, 0) is 33.3 Å². The first-order valence-corrected chi connectivity index (χ1v) is 27.5. The van der Waals surface area contributed by atoms with E-state index in [1.807, 2.05) is 18.2 Å². The number of Topliss-reactive ketones (excluding diaryl/α,β-unsaturated/α-hetero) is 1. The molecule has 14 nitrogen and oxygen atoms in total. The number of esters is 3. The van der Waals surface area contributed by atoms with Crippen LogP contribution in [0.3, 0.4) is 0 Å². The Labute approximate surface area is 464 Å². The number of nitrogens with one attached hydrogen (secondary N) is 1. The zero-order valence-corrected chi connectivity index (χ0v) is 45.9. The summed E-state index contributed by atoms with van der Waals surface area (Å²) in [5, 5.41) is 53.8. The smallest absolute Gasteiger partial charge is 0.338 e. The SMILES string of the molecule is CC/C=C\C/C=C\C/C=C\C/C=C\C/C=C\C/C=C\CCC(=O)OC1CC2OCC2(O)C2C(OC(=O)c3ccccc3)C3(O)CC(OC(=O)C(O)C(NC(=O)c4ccccc4)c4ccccc4)C(C)=C(C(O)C(=O)C12C)C3(C)C. The van der Waals surface area contributed by atoms with E-state index in [9.17, 15) is 39.6 Å². The van der Waals surface area contributed by atoms with Crippen molar-refractivity contribution in [3.05, 3.63) is 192 Å². The number of allylic oxidation sites excluding steroid dienone is 12. The molecule has 2 saturated carbocycles. The Morgan fingerprint density at radius 3 is 1.77 bits per heavy atom. The summed E-state index contributed by atoms with van der Waals surface area (Å²) in [7, 11) is 0. The van der Waals surface area contributed by atoms with E-state index in [1.165, 1.54) is 26.0 Å². The van der Waals surface area contributed by atoms with Gasteiger partial charge in [-0.15, -0.1) is 0 Å². The highest BCUT2D eigenvalue weighted by Crippen LogP contribution is 2.64. The number of rotatable bonds is 23. The third kappa shape index (κ3) is 13.3. The number of carbonyl (C=O) groups is 5. The largest absolute Gasteiger partial charge is 0.461 e. The van der Waals surface area contributed by atoms with E-state index >= 15 is 4.79 Å². The van der Waals surface area contributed by atoms with Gasteiger partial charge in [0.1, 0.15) is 35.6 Å². The van der Waals surface area contributed by atoms with Gasteiger partial charge < -0.3 is 44.7 Å². The van der Waals surface area contributed by atoms with Crippen LogP contribution in [0.2, 0.25) is 0 Å². The van der Waals surface area contributed by atoms with Crippen molar-refractivity contribution >= 4 is 29.6 Å². The lowest BCUT2D eigenvalue weighted by Crippen LogP contribution is -2.81. The first kappa shape index (κ1) is 59.8. The summed E-state index contributed by atoms with van der Waals surface area (Å²) in [6.45, 7) is 7.89. The number of hydrogen-bond acceptors (Lipinski definition) is 13. The molecule has 79 heavy (non-hydrogen) atoms. The minimum absolute atomic E-state index is 0.0577. The van der Waals surface area contributed by atoms with Gasteiger partial charge in [0, 0.05) is 36.2 Å². The quantitative estimate of drug-likeness (QED) is 0.0340. The van der Waals surface area contributed by atoms with Gasteiger partial charge in [0.05, 0.1) is 29.7 Å². The van der Waals surface area contributed by atoms with Crippen LogP contribution in [0.1, 0.15) is 131 Å². The van der Waals surface area contributed by atoms with Crippen LogP contribution in [0.25, 0.3) is 0 Å². The normalized spacial score (nSPS) is 28.3. The van der Waals surface area contributed by atoms with E-state index in [-0.39, 0.29) is 41.7 Å². The summed E-state index contributed by atoms with van der Waals surface area (Å²) in [6.07, 6.45) is 20.1. The average Bonchev–Trinajstić information content (AvgIpc) is 3.61. The molecule has 7 rings (SSSR count). The summed E-state index contributed by atoms with van der Waals surface area (Å²) >= 11 is 0. The highest BCUT2D eigenvalue weighted by molar-refractivity contribution is 5.95. The molecule has 1 amide bonds. The lowest BCUT2D eigenvalue weighted by atomic mass is 9.44. The van der Waals surface area contributed by atoms with E-state index in [1.54, 1.807) is 92.7 Å². The monoisotopic (exact) mass is 1080 g/mol. The second-order valence-electron chi connectivity index (χ2n) is 21.6. The maximum Gasteiger partial charge on any atom is 0.338 e. The van der Waals surface area contributed by atoms with Gasteiger partial charge in [-0.3, -0.25) is 14.4 Å². The number of benzene rings is 3. The molecule has 1 heterocycles. The standard InChI is InChI=1S/C65H77NO13/c1-6-7-8-9-10-11-12-13-14-15-16-17-18-19-20-21-22-23-33-40-51(67)78-49-41-50-64(74,43-76-50)56-58(79-60(72)47-38-31-26-32-39-47)65(75)42-48(44(2)52(62(65,3)4)54(68)57(70)63(49,56)5)77-61(73)55(69)53(45-34-27-24-28-35-45)66-59(71)46-36-29-25-30-37-46/h7-8,10-11,13-14,16-17,19-20,22-32,34-39,48-50,53-56,58,68-69,74-75H,6,9,12,15,18,21,33,40-43H2,1-5H3,(H,66,71)/b8-7-,11-10-,14-13-,17-16-,20-19-,23-22-. The number of ketones is 1. The second kappa shape index (κ2) is 26.9. The number of aliphatic hydroxyl groups excluding tert-OH is 2. The summed E-state index contributed by atoms with van der Waals surface area (Å²) in [4.78, 5) is 71.8. The maximum absolute atomic E-state index is 15.6. The Morgan fingerprint density at radius 1 is 0.722 bits per heavy atom. The molecule has 1 saturated heterocycles. The number of aliphatic hydroxyl groups is 4. The van der Waals surface area contributed by atoms with Gasteiger partial charge in [0.2, 0.25) is 0 Å². The Balaban J connectivity index is 1.12. The maximum atomic E-state index is 15.6. The van der Waals surface area contributed by atoms with Crippen LogP contribution in [0.15, 0.2) is 175 Å². The molecule has 0 aromatic heterocycles. The molecule has 14 heteroatoms. The molecular formula is C65H77NO13. The van der Waals surface area contributed by atoms with Crippen molar-refractivity contribution in [2.75, 3.05) is 6.61 Å². The van der Waals surface area contributed by atoms with Crippen LogP contribution < -0.4 is 5.32 Å². The molecule has 0 spiro atoms. The third-order valence-corrected chi connectivity index (χ3v) is 16.3. The van der Waals surface area contributed by atoms with Gasteiger partial charge in [0.15, 0.2) is 11.9 Å². The fourth-order valence-corrected chi connectivity index (χ4v) is 11.7. The molecular weight excluding hydrogens is 1000 g/mol. The van der Waals surface area contributed by atoms with Crippen LogP contribution in [-0.4, -0.2) is 104 Å². The van der Waals surface area contributed by atoms with Crippen molar-refractivity contribution in [2.24, 2.45) is 16.7 Å². The van der Waals surface area contributed by atoms with Gasteiger partial charge in [0.25, 0.3) is 5.91 Å². The molecule has 11 atom stereocenters. The van der Waals surface area contributed by atoms with Gasteiger partial charge in [-0.1, -0.05) is 160 Å². The van der Waals surface area contributed by atoms with E-state index in [2.05, 4.69) is 66.9 Å². The van der Waals surface area contributed by atoms with Crippen molar-refractivity contribution in [1.82, 2.24) is 5.32 Å². The zero-order valence-electron chi connectivity index (χ0n) is 45.9. The second-order valence-corrected chi connectivity index (χ2v) is 21.6. The molecule has 4 aliphatic rings. The van der Waals surface area contributed by atoms with Crippen LogP contribution in [0, 0.1) is 16.7 Å². The first-order valence-electron chi connectivity index (χ1n) is 27.5. The van der Waals surface area contributed by atoms with Crippen LogP contribution in [0.4, 0.5) is 0 Å². The summed E-state index contributed by atoms with van der Waals surface area (Å²) < 4.78 is 24.7. The Morgan fingerprint density at radius 2 is 1.24 bits per heavy atom. The Kier molecular flexibility index (Phi) is 20.4. The van der Waals surface area contributed by atoms with Gasteiger partial charge in [-0.25, -0.2) is 9.59 Å². The highest BCUT2D eigenvalue weighted by Gasteiger charge is 2.77. The fourth-order valence-electron chi connectivity index (χ4n) is 11.7. The minimum atomic E-state index is -2.38. The van der Waals surface area contributed by atoms with E-state index in [4.69, 9.17) is 18.9 Å². The fraction of sp³-hybridized carbons (Fsp3) is 0.431. The Hall–Kier alpha value is -6.81. The van der Waals surface area contributed by atoms with Crippen molar-refractivity contribution < 1.29 is 63.3 Å². The number of carbonyl (C=O) groups excluding carboxylic acids is 5. The summed E-state index contributed by atoms with van der Waals surface area (Å²) in [6, 6.07) is 23.2. The predicted octanol–water partition coefficient (Wildman–Crippen LogP) is 9.62. The predicted molar refractivity (Wildman–Crippen MR) is 300 cm³/mol. The van der Waals surface area contributed by atoms with E-state index in [0.717, 1.165) is 32.1 Å². The molecule has 0 radical (unpaired) electrons. The zero-order chi connectivity index (χ0) is 56.8. The van der Waals surface area contributed by atoms with Crippen LogP contribution >= 0.6 is 0 Å². The molecule has 1 aliphatic heterocycles.